The van der Waals surface area contributed by atoms with Crippen LogP contribution in [0.4, 0.5) is 10.1 Å². The van der Waals surface area contributed by atoms with Crippen LogP contribution in [0.1, 0.15) is 15.9 Å². The lowest BCUT2D eigenvalue weighted by molar-refractivity contribution is 0.102. The molecule has 0 saturated carbocycles. The van der Waals surface area contributed by atoms with Crippen molar-refractivity contribution in [3.63, 3.8) is 0 Å². The van der Waals surface area contributed by atoms with Gasteiger partial charge in [0.2, 0.25) is 10.0 Å². The van der Waals surface area contributed by atoms with E-state index in [1.807, 2.05) is 6.92 Å². The second-order valence-corrected chi connectivity index (χ2v) is 7.45. The third-order valence-corrected chi connectivity index (χ3v) is 5.24. The number of rotatable bonds is 5. The van der Waals surface area contributed by atoms with Crippen molar-refractivity contribution in [1.82, 2.24) is 24.9 Å². The number of benzene rings is 2. The Hall–Kier alpha value is -3.18. The van der Waals surface area contributed by atoms with Crippen LogP contribution in [0.3, 0.4) is 0 Å². The molecule has 2 aromatic carbocycles. The minimum atomic E-state index is -3.81. The summed E-state index contributed by atoms with van der Waals surface area (Å²) in [5, 5.41) is 13.5. The normalized spacial score (nSPS) is 11.4. The van der Waals surface area contributed by atoms with E-state index in [2.05, 4.69) is 25.6 Å². The Balaban J connectivity index is 1.92. The van der Waals surface area contributed by atoms with Gasteiger partial charge in [0.1, 0.15) is 12.1 Å². The molecule has 0 spiro atoms. The Bertz CT molecular complexity index is 1100. The van der Waals surface area contributed by atoms with E-state index in [-0.39, 0.29) is 4.90 Å². The standard InChI is InChI=1S/C16H15FN6O3S/c1-10-3-4-11(7-15(10)23-9-19-21-22-23)20-16(24)13-8-12(5-6-14(13)17)27(25,26)18-2/h3-9,18H,1-2H3,(H,20,24). The zero-order valence-electron chi connectivity index (χ0n) is 14.3. The third-order valence-electron chi connectivity index (χ3n) is 3.82. The molecule has 11 heteroatoms. The molecule has 0 aliphatic carbocycles. The summed E-state index contributed by atoms with van der Waals surface area (Å²) in [6.45, 7) is 1.84. The zero-order chi connectivity index (χ0) is 19.6. The number of hydrogen-bond acceptors (Lipinski definition) is 6. The van der Waals surface area contributed by atoms with Gasteiger partial charge in [0.05, 0.1) is 16.1 Å². The number of tetrazole rings is 1. The average Bonchev–Trinajstić information content (AvgIpc) is 3.18. The van der Waals surface area contributed by atoms with Crippen LogP contribution in [0, 0.1) is 12.7 Å². The lowest BCUT2D eigenvalue weighted by Gasteiger charge is -2.11. The summed E-state index contributed by atoms with van der Waals surface area (Å²) in [6, 6.07) is 7.99. The number of anilines is 1. The second kappa shape index (κ2) is 7.21. The number of aryl methyl sites for hydroxylation is 1. The largest absolute Gasteiger partial charge is 0.322 e. The summed E-state index contributed by atoms with van der Waals surface area (Å²) in [6.07, 6.45) is 1.40. The molecule has 3 aromatic rings. The number of carbonyl (C=O) groups excluding carboxylic acids is 1. The van der Waals surface area contributed by atoms with E-state index in [9.17, 15) is 17.6 Å². The van der Waals surface area contributed by atoms with Gasteiger partial charge in [0.15, 0.2) is 0 Å². The molecule has 0 aliphatic heterocycles. The average molecular weight is 390 g/mol. The Labute approximate surface area is 154 Å². The smallest absolute Gasteiger partial charge is 0.258 e. The number of nitrogens with one attached hydrogen (secondary N) is 2. The quantitative estimate of drug-likeness (QED) is 0.677. The summed E-state index contributed by atoms with van der Waals surface area (Å²) < 4.78 is 41.4. The number of hydrogen-bond donors (Lipinski definition) is 2. The molecule has 140 valence electrons. The summed E-state index contributed by atoms with van der Waals surface area (Å²) >= 11 is 0. The molecule has 0 saturated heterocycles. The number of carbonyl (C=O) groups is 1. The molecule has 27 heavy (non-hydrogen) atoms. The molecule has 1 aromatic heterocycles. The lowest BCUT2D eigenvalue weighted by Crippen LogP contribution is -2.20. The Morgan fingerprint density at radius 2 is 1.96 bits per heavy atom. The first kappa shape index (κ1) is 18.6. The van der Waals surface area contributed by atoms with Crippen LogP contribution < -0.4 is 10.0 Å². The molecule has 1 heterocycles. The Kier molecular flexibility index (Phi) is 4.97. The number of halogens is 1. The molecule has 0 atom stereocenters. The first-order chi connectivity index (χ1) is 12.8. The molecule has 1 amide bonds. The van der Waals surface area contributed by atoms with E-state index in [0.717, 1.165) is 23.8 Å². The Morgan fingerprint density at radius 1 is 1.19 bits per heavy atom. The predicted molar refractivity (Wildman–Crippen MR) is 94.5 cm³/mol. The van der Waals surface area contributed by atoms with E-state index in [1.165, 1.54) is 18.1 Å². The molecule has 0 fully saturated rings. The van der Waals surface area contributed by atoms with Crippen LogP contribution in [0.15, 0.2) is 47.6 Å². The van der Waals surface area contributed by atoms with E-state index < -0.39 is 27.3 Å². The molecule has 0 radical (unpaired) electrons. The van der Waals surface area contributed by atoms with Gasteiger partial charge in [-0.1, -0.05) is 6.07 Å². The summed E-state index contributed by atoms with van der Waals surface area (Å²) in [5.74, 6) is -1.62. The Morgan fingerprint density at radius 3 is 2.63 bits per heavy atom. The van der Waals surface area contributed by atoms with Gasteiger partial charge in [-0.25, -0.2) is 22.2 Å². The molecule has 0 unspecified atom stereocenters. The van der Waals surface area contributed by atoms with Gasteiger partial charge in [-0.15, -0.1) is 5.10 Å². The highest BCUT2D eigenvalue weighted by Crippen LogP contribution is 2.20. The molecule has 0 bridgehead atoms. The SMILES string of the molecule is CNS(=O)(=O)c1ccc(F)c(C(=O)Nc2ccc(C)c(-n3cnnn3)c2)c1. The highest BCUT2D eigenvalue weighted by Gasteiger charge is 2.18. The van der Waals surface area contributed by atoms with Crippen LogP contribution in [0.5, 0.6) is 0 Å². The molecular weight excluding hydrogens is 375 g/mol. The highest BCUT2D eigenvalue weighted by molar-refractivity contribution is 7.89. The van der Waals surface area contributed by atoms with Crippen LogP contribution in [-0.2, 0) is 10.0 Å². The zero-order valence-corrected chi connectivity index (χ0v) is 15.2. The maximum absolute atomic E-state index is 14.1. The van der Waals surface area contributed by atoms with E-state index in [4.69, 9.17) is 0 Å². The fourth-order valence-corrected chi connectivity index (χ4v) is 3.12. The minimum absolute atomic E-state index is 0.213. The van der Waals surface area contributed by atoms with Crippen LogP contribution >= 0.6 is 0 Å². The number of amides is 1. The van der Waals surface area contributed by atoms with Crippen molar-refractivity contribution >= 4 is 21.6 Å². The van der Waals surface area contributed by atoms with Crippen molar-refractivity contribution in [2.45, 2.75) is 11.8 Å². The molecule has 0 aliphatic rings. The summed E-state index contributed by atoms with van der Waals surface area (Å²) in [5.41, 5.74) is 1.46. The fraction of sp³-hybridized carbons (Fsp3) is 0.125. The number of aromatic nitrogens is 4. The molecule has 2 N–H and O–H groups in total. The van der Waals surface area contributed by atoms with Gasteiger partial charge in [0, 0.05) is 5.69 Å². The van der Waals surface area contributed by atoms with Gasteiger partial charge in [-0.2, -0.15) is 0 Å². The van der Waals surface area contributed by atoms with Crippen LogP contribution in [-0.4, -0.2) is 41.6 Å². The first-order valence-corrected chi connectivity index (χ1v) is 9.18. The molecule has 3 rings (SSSR count). The van der Waals surface area contributed by atoms with E-state index in [0.29, 0.717) is 11.4 Å². The lowest BCUT2D eigenvalue weighted by atomic mass is 10.1. The van der Waals surface area contributed by atoms with Crippen molar-refractivity contribution in [2.75, 3.05) is 12.4 Å². The maximum atomic E-state index is 14.1. The predicted octanol–water partition coefficient (Wildman–Crippen LogP) is 1.27. The van der Waals surface area contributed by atoms with E-state index in [1.54, 1.807) is 18.2 Å². The van der Waals surface area contributed by atoms with Crippen molar-refractivity contribution in [2.24, 2.45) is 0 Å². The van der Waals surface area contributed by atoms with Crippen molar-refractivity contribution in [1.29, 1.82) is 0 Å². The van der Waals surface area contributed by atoms with Crippen molar-refractivity contribution < 1.29 is 17.6 Å². The monoisotopic (exact) mass is 390 g/mol. The second-order valence-electron chi connectivity index (χ2n) is 5.56. The van der Waals surface area contributed by atoms with Gasteiger partial charge in [-0.3, -0.25) is 4.79 Å². The minimum Gasteiger partial charge on any atom is -0.322 e. The topological polar surface area (TPSA) is 119 Å². The summed E-state index contributed by atoms with van der Waals surface area (Å²) in [4.78, 5) is 12.3. The maximum Gasteiger partial charge on any atom is 0.258 e. The van der Waals surface area contributed by atoms with Gasteiger partial charge >= 0.3 is 0 Å². The fourth-order valence-electron chi connectivity index (χ4n) is 2.37. The first-order valence-electron chi connectivity index (χ1n) is 7.70. The van der Waals surface area contributed by atoms with Crippen LogP contribution in [0.25, 0.3) is 5.69 Å². The highest BCUT2D eigenvalue weighted by atomic mass is 32.2. The molecular formula is C16H15FN6O3S. The summed E-state index contributed by atoms with van der Waals surface area (Å²) in [7, 11) is -2.58. The van der Waals surface area contributed by atoms with Gasteiger partial charge in [-0.05, 0) is 60.3 Å². The van der Waals surface area contributed by atoms with E-state index >= 15 is 0 Å². The van der Waals surface area contributed by atoms with Crippen molar-refractivity contribution in [3.05, 3.63) is 59.7 Å². The van der Waals surface area contributed by atoms with Gasteiger partial charge in [0.25, 0.3) is 5.91 Å². The molecule has 9 nitrogen and oxygen atoms in total. The van der Waals surface area contributed by atoms with Crippen molar-refractivity contribution in [3.8, 4) is 5.69 Å². The number of sulfonamides is 1. The van der Waals surface area contributed by atoms with Gasteiger partial charge < -0.3 is 5.32 Å². The van der Waals surface area contributed by atoms with Crippen LogP contribution in [0.2, 0.25) is 0 Å². The third kappa shape index (κ3) is 3.83. The number of nitrogens with zero attached hydrogens (tertiary/aromatic N) is 4.